The predicted molar refractivity (Wildman–Crippen MR) is 109 cm³/mol. The highest BCUT2D eigenvalue weighted by Gasteiger charge is 2.20. The number of amides is 2. The molecule has 1 aromatic carbocycles. The number of hydrogen-bond acceptors (Lipinski definition) is 4. The number of nitrogens with one attached hydrogen (secondary N) is 1. The Morgan fingerprint density at radius 1 is 1.07 bits per heavy atom. The Bertz CT molecular complexity index is 775. The molecular weight excluding hydrogens is 376 g/mol. The maximum absolute atomic E-state index is 12.4. The van der Waals surface area contributed by atoms with Crippen LogP contribution in [0.4, 0.5) is 0 Å². The number of halogens is 1. The number of aromatic nitrogens is 1. The summed E-state index contributed by atoms with van der Waals surface area (Å²) < 4.78 is 0. The highest BCUT2D eigenvalue weighted by molar-refractivity contribution is 6.30. The average Bonchev–Trinajstić information content (AvgIpc) is 2.72. The highest BCUT2D eigenvalue weighted by atomic mass is 35.5. The standard InChI is InChI=1S/C21H25ClN4O2/c22-19-7-5-18(6-8-19)21(28)24-10-2-4-20(27)26-13-11-25(12-14-26)16-17-3-1-9-23-15-17/h1,3,5-9,15H,2,4,10-14,16H2,(H,24,28). The van der Waals surface area contributed by atoms with Crippen molar-refractivity contribution in [1.29, 1.82) is 0 Å². The number of nitrogens with zero attached hydrogens (tertiary/aromatic N) is 3. The summed E-state index contributed by atoms with van der Waals surface area (Å²) in [6, 6.07) is 10.8. The molecule has 6 nitrogen and oxygen atoms in total. The van der Waals surface area contributed by atoms with Gasteiger partial charge >= 0.3 is 0 Å². The Labute approximate surface area is 170 Å². The summed E-state index contributed by atoms with van der Waals surface area (Å²) in [5.41, 5.74) is 1.76. The Balaban J connectivity index is 1.32. The molecule has 0 bridgehead atoms. The van der Waals surface area contributed by atoms with Crippen LogP contribution >= 0.6 is 11.6 Å². The molecule has 2 amide bonds. The first-order chi connectivity index (χ1) is 13.6. The summed E-state index contributed by atoms with van der Waals surface area (Å²) in [7, 11) is 0. The smallest absolute Gasteiger partial charge is 0.251 e. The van der Waals surface area contributed by atoms with Crippen molar-refractivity contribution in [1.82, 2.24) is 20.1 Å². The molecule has 1 aliphatic heterocycles. The van der Waals surface area contributed by atoms with Crippen molar-refractivity contribution in [3.8, 4) is 0 Å². The molecule has 148 valence electrons. The number of benzene rings is 1. The minimum absolute atomic E-state index is 0.145. The van der Waals surface area contributed by atoms with E-state index < -0.39 is 0 Å². The summed E-state index contributed by atoms with van der Waals surface area (Å²) in [4.78, 5) is 32.8. The van der Waals surface area contributed by atoms with Crippen LogP contribution in [0.2, 0.25) is 5.02 Å². The number of hydrogen-bond donors (Lipinski definition) is 1. The van der Waals surface area contributed by atoms with E-state index in [4.69, 9.17) is 11.6 Å². The second-order valence-electron chi connectivity index (χ2n) is 6.88. The predicted octanol–water partition coefficient (Wildman–Crippen LogP) is 2.59. The summed E-state index contributed by atoms with van der Waals surface area (Å²) >= 11 is 5.82. The first-order valence-corrected chi connectivity index (χ1v) is 9.92. The zero-order valence-corrected chi connectivity index (χ0v) is 16.6. The van der Waals surface area contributed by atoms with Gasteiger partial charge in [-0.25, -0.2) is 0 Å². The first-order valence-electron chi connectivity index (χ1n) is 9.54. The van der Waals surface area contributed by atoms with E-state index >= 15 is 0 Å². The van der Waals surface area contributed by atoms with E-state index in [1.165, 1.54) is 5.56 Å². The molecule has 2 aromatic rings. The summed E-state index contributed by atoms with van der Waals surface area (Å²) in [6.45, 7) is 4.58. The lowest BCUT2D eigenvalue weighted by molar-refractivity contribution is -0.133. The molecule has 0 atom stereocenters. The fourth-order valence-corrected chi connectivity index (χ4v) is 3.33. The molecule has 0 unspecified atom stereocenters. The second kappa shape index (κ2) is 10.2. The molecule has 3 rings (SSSR count). The van der Waals surface area contributed by atoms with Crippen LogP contribution in [0.25, 0.3) is 0 Å². The van der Waals surface area contributed by atoms with Gasteiger partial charge in [0.2, 0.25) is 5.91 Å². The fraction of sp³-hybridized carbons (Fsp3) is 0.381. The molecule has 1 aliphatic rings. The van der Waals surface area contributed by atoms with Crippen molar-refractivity contribution < 1.29 is 9.59 Å². The van der Waals surface area contributed by atoms with Gasteiger partial charge in [0.05, 0.1) is 0 Å². The molecule has 2 heterocycles. The van der Waals surface area contributed by atoms with E-state index in [-0.39, 0.29) is 11.8 Å². The van der Waals surface area contributed by atoms with Gasteiger partial charge in [-0.3, -0.25) is 19.5 Å². The van der Waals surface area contributed by atoms with Crippen molar-refractivity contribution in [2.75, 3.05) is 32.7 Å². The molecule has 28 heavy (non-hydrogen) atoms. The van der Waals surface area contributed by atoms with Crippen LogP contribution in [0.3, 0.4) is 0 Å². The molecule has 0 aliphatic carbocycles. The molecule has 1 saturated heterocycles. The Morgan fingerprint density at radius 2 is 1.82 bits per heavy atom. The van der Waals surface area contributed by atoms with Gasteiger partial charge in [0, 0.05) is 68.7 Å². The van der Waals surface area contributed by atoms with Crippen LogP contribution in [0, 0.1) is 0 Å². The van der Waals surface area contributed by atoms with Gasteiger partial charge in [-0.05, 0) is 42.3 Å². The van der Waals surface area contributed by atoms with Gasteiger partial charge in [-0.2, -0.15) is 0 Å². The molecular formula is C21H25ClN4O2. The van der Waals surface area contributed by atoms with E-state index in [1.54, 1.807) is 30.5 Å². The number of pyridine rings is 1. The lowest BCUT2D eigenvalue weighted by atomic mass is 10.2. The number of carbonyl (C=O) groups is 2. The zero-order chi connectivity index (χ0) is 19.8. The van der Waals surface area contributed by atoms with E-state index in [0.29, 0.717) is 30.0 Å². The first kappa shape index (κ1) is 20.3. The van der Waals surface area contributed by atoms with Crippen LogP contribution in [0.1, 0.15) is 28.8 Å². The molecule has 0 radical (unpaired) electrons. The highest BCUT2D eigenvalue weighted by Crippen LogP contribution is 2.10. The van der Waals surface area contributed by atoms with Crippen LogP contribution in [0.15, 0.2) is 48.8 Å². The molecule has 0 spiro atoms. The molecule has 7 heteroatoms. The molecule has 0 saturated carbocycles. The lowest BCUT2D eigenvalue weighted by Crippen LogP contribution is -2.48. The summed E-state index contributed by atoms with van der Waals surface area (Å²) in [5, 5.41) is 3.44. The van der Waals surface area contributed by atoms with E-state index in [1.807, 2.05) is 17.2 Å². The number of carbonyl (C=O) groups excluding carboxylic acids is 2. The number of rotatable bonds is 7. The van der Waals surface area contributed by atoms with Crippen molar-refractivity contribution in [3.05, 3.63) is 64.9 Å². The minimum Gasteiger partial charge on any atom is -0.352 e. The molecule has 1 aromatic heterocycles. The topological polar surface area (TPSA) is 65.5 Å². The fourth-order valence-electron chi connectivity index (χ4n) is 3.21. The van der Waals surface area contributed by atoms with E-state index in [9.17, 15) is 9.59 Å². The van der Waals surface area contributed by atoms with Gasteiger partial charge in [0.25, 0.3) is 5.91 Å². The Morgan fingerprint density at radius 3 is 2.50 bits per heavy atom. The van der Waals surface area contributed by atoms with Crippen LogP contribution in [-0.4, -0.2) is 59.3 Å². The maximum Gasteiger partial charge on any atom is 0.251 e. The molecule has 1 fully saturated rings. The van der Waals surface area contributed by atoms with Gasteiger partial charge in [0.15, 0.2) is 0 Å². The Hall–Kier alpha value is -2.44. The normalized spacial score (nSPS) is 14.7. The average molecular weight is 401 g/mol. The maximum atomic E-state index is 12.4. The zero-order valence-electron chi connectivity index (χ0n) is 15.8. The van der Waals surface area contributed by atoms with Gasteiger partial charge in [0.1, 0.15) is 0 Å². The largest absolute Gasteiger partial charge is 0.352 e. The van der Waals surface area contributed by atoms with Crippen molar-refractivity contribution in [2.24, 2.45) is 0 Å². The minimum atomic E-state index is -0.145. The summed E-state index contributed by atoms with van der Waals surface area (Å²) in [5.74, 6) is 0.00917. The monoisotopic (exact) mass is 400 g/mol. The third-order valence-electron chi connectivity index (χ3n) is 4.81. The van der Waals surface area contributed by atoms with Crippen molar-refractivity contribution in [2.45, 2.75) is 19.4 Å². The van der Waals surface area contributed by atoms with Crippen LogP contribution in [0.5, 0.6) is 0 Å². The lowest BCUT2D eigenvalue weighted by Gasteiger charge is -2.34. The van der Waals surface area contributed by atoms with E-state index in [0.717, 1.165) is 32.7 Å². The van der Waals surface area contributed by atoms with E-state index in [2.05, 4.69) is 21.3 Å². The van der Waals surface area contributed by atoms with Crippen molar-refractivity contribution in [3.63, 3.8) is 0 Å². The van der Waals surface area contributed by atoms with Crippen LogP contribution < -0.4 is 5.32 Å². The quantitative estimate of drug-likeness (QED) is 0.725. The third kappa shape index (κ3) is 6.04. The second-order valence-corrected chi connectivity index (χ2v) is 7.32. The van der Waals surface area contributed by atoms with Gasteiger partial charge in [-0.1, -0.05) is 17.7 Å². The third-order valence-corrected chi connectivity index (χ3v) is 5.07. The van der Waals surface area contributed by atoms with Gasteiger partial charge in [-0.15, -0.1) is 0 Å². The van der Waals surface area contributed by atoms with Crippen LogP contribution in [-0.2, 0) is 11.3 Å². The van der Waals surface area contributed by atoms with Crippen molar-refractivity contribution >= 4 is 23.4 Å². The summed E-state index contributed by atoms with van der Waals surface area (Å²) in [6.07, 6.45) is 4.74. The Kier molecular flexibility index (Phi) is 7.39. The van der Waals surface area contributed by atoms with Gasteiger partial charge < -0.3 is 10.2 Å². The number of piperazine rings is 1. The molecule has 1 N–H and O–H groups in total. The SMILES string of the molecule is O=C(NCCCC(=O)N1CCN(Cc2cccnc2)CC1)c1ccc(Cl)cc1.